The maximum atomic E-state index is 12.9. The molecule has 6 nitrogen and oxygen atoms in total. The minimum Gasteiger partial charge on any atom is -0.508 e. The Hall–Kier alpha value is -2.86. The van der Waals surface area contributed by atoms with Crippen molar-refractivity contribution in [1.82, 2.24) is 4.90 Å². The van der Waals surface area contributed by atoms with Crippen LogP contribution in [-0.2, 0) is 0 Å². The van der Waals surface area contributed by atoms with Crippen molar-refractivity contribution in [3.05, 3.63) is 52.6 Å². The summed E-state index contributed by atoms with van der Waals surface area (Å²) in [7, 11) is 4.18. The number of ketones is 2. The van der Waals surface area contributed by atoms with Crippen molar-refractivity contribution in [3.63, 3.8) is 0 Å². The number of benzene rings is 2. The summed E-state index contributed by atoms with van der Waals surface area (Å²) in [4.78, 5) is 30.2. The van der Waals surface area contributed by atoms with E-state index in [2.05, 4.69) is 23.9 Å². The summed E-state index contributed by atoms with van der Waals surface area (Å²) in [6, 6.07) is 8.17. The molecule has 2 aliphatic rings. The molecule has 2 N–H and O–H groups in total. The molecule has 27 heavy (non-hydrogen) atoms. The quantitative estimate of drug-likeness (QED) is 0.725. The first kappa shape index (κ1) is 17.5. The normalized spacial score (nSPS) is 17.2. The van der Waals surface area contributed by atoms with Gasteiger partial charge in [0, 0.05) is 47.6 Å². The smallest absolute Gasteiger partial charge is 0.198 e. The monoisotopic (exact) mass is 366 g/mol. The van der Waals surface area contributed by atoms with Crippen molar-refractivity contribution >= 4 is 17.3 Å². The number of phenolic OH excluding ortho intramolecular Hbond substituents is 2. The van der Waals surface area contributed by atoms with Gasteiger partial charge in [0.1, 0.15) is 11.5 Å². The summed E-state index contributed by atoms with van der Waals surface area (Å²) in [5.41, 5.74) is 1.54. The third kappa shape index (κ3) is 2.86. The van der Waals surface area contributed by atoms with Crippen molar-refractivity contribution in [2.75, 3.05) is 32.1 Å². The van der Waals surface area contributed by atoms with Crippen molar-refractivity contribution in [3.8, 4) is 11.5 Å². The fourth-order valence-electron chi connectivity index (χ4n) is 4.06. The highest BCUT2D eigenvalue weighted by molar-refractivity contribution is 6.29. The lowest BCUT2D eigenvalue weighted by atomic mass is 9.83. The standard InChI is InChI=1S/C21H22N2O4/c1-22(2)12-5-7-23(8-6-12)13-3-4-15-16(9-13)20(26)17-10-14(24)11-18(25)19(17)21(15)27/h3-4,9-12,24-25H,5-8H2,1-2H3. The molecule has 0 amide bonds. The van der Waals surface area contributed by atoms with E-state index in [0.29, 0.717) is 17.2 Å². The van der Waals surface area contributed by atoms with Crippen LogP contribution in [0.1, 0.15) is 44.7 Å². The molecule has 2 aromatic rings. The van der Waals surface area contributed by atoms with Gasteiger partial charge in [0.15, 0.2) is 11.6 Å². The van der Waals surface area contributed by atoms with Crippen LogP contribution in [0.25, 0.3) is 0 Å². The van der Waals surface area contributed by atoms with Gasteiger partial charge in [0.05, 0.1) is 5.56 Å². The number of fused-ring (bicyclic) bond motifs is 2. The van der Waals surface area contributed by atoms with Gasteiger partial charge in [-0.2, -0.15) is 0 Å². The molecule has 0 spiro atoms. The van der Waals surface area contributed by atoms with Crippen LogP contribution in [0.5, 0.6) is 11.5 Å². The van der Waals surface area contributed by atoms with Crippen LogP contribution in [-0.4, -0.2) is 59.9 Å². The first-order chi connectivity index (χ1) is 12.9. The van der Waals surface area contributed by atoms with Crippen molar-refractivity contribution in [2.45, 2.75) is 18.9 Å². The minimum absolute atomic E-state index is 0.0372. The van der Waals surface area contributed by atoms with Gasteiger partial charge >= 0.3 is 0 Å². The minimum atomic E-state index is -0.394. The molecule has 4 rings (SSSR count). The summed E-state index contributed by atoms with van der Waals surface area (Å²) in [5, 5.41) is 19.7. The van der Waals surface area contributed by atoms with E-state index in [9.17, 15) is 19.8 Å². The van der Waals surface area contributed by atoms with E-state index in [-0.39, 0.29) is 28.4 Å². The number of hydrogen-bond acceptors (Lipinski definition) is 6. The highest BCUT2D eigenvalue weighted by atomic mass is 16.3. The predicted octanol–water partition coefficient (Wildman–Crippen LogP) is 2.40. The molecule has 2 aromatic carbocycles. The van der Waals surface area contributed by atoms with Gasteiger partial charge in [-0.15, -0.1) is 0 Å². The summed E-state index contributed by atoms with van der Waals surface area (Å²) in [6.07, 6.45) is 2.09. The topological polar surface area (TPSA) is 81.1 Å². The molecule has 0 radical (unpaired) electrons. The van der Waals surface area contributed by atoms with Crippen LogP contribution in [0, 0.1) is 0 Å². The van der Waals surface area contributed by atoms with E-state index < -0.39 is 5.78 Å². The molecular weight excluding hydrogens is 344 g/mol. The number of phenols is 2. The second-order valence-corrected chi connectivity index (χ2v) is 7.46. The lowest BCUT2D eigenvalue weighted by molar-refractivity contribution is 0.0976. The van der Waals surface area contributed by atoms with E-state index in [1.807, 2.05) is 6.07 Å². The Labute approximate surface area is 157 Å². The second kappa shape index (κ2) is 6.39. The number of carbonyl (C=O) groups is 2. The van der Waals surface area contributed by atoms with Crippen molar-refractivity contribution in [2.24, 2.45) is 0 Å². The molecule has 0 saturated carbocycles. The Morgan fingerprint density at radius 3 is 2.30 bits per heavy atom. The SMILES string of the molecule is CN(C)C1CCN(c2ccc3c(c2)C(=O)c2cc(O)cc(O)c2C3=O)CC1. The number of rotatable bonds is 2. The van der Waals surface area contributed by atoms with Crippen molar-refractivity contribution < 1.29 is 19.8 Å². The largest absolute Gasteiger partial charge is 0.508 e. The van der Waals surface area contributed by atoms with Gasteiger partial charge in [-0.25, -0.2) is 0 Å². The van der Waals surface area contributed by atoms with Crippen LogP contribution in [0.15, 0.2) is 30.3 Å². The van der Waals surface area contributed by atoms with E-state index in [1.165, 1.54) is 6.07 Å². The van der Waals surface area contributed by atoms with Gasteiger partial charge in [-0.1, -0.05) is 0 Å². The molecule has 140 valence electrons. The summed E-state index contributed by atoms with van der Waals surface area (Å²) < 4.78 is 0. The Bertz CT molecular complexity index is 943. The van der Waals surface area contributed by atoms with Gasteiger partial charge in [-0.05, 0) is 51.2 Å². The van der Waals surface area contributed by atoms with Crippen LogP contribution >= 0.6 is 0 Å². The Kier molecular flexibility index (Phi) is 4.15. The molecule has 0 bridgehead atoms. The zero-order valence-corrected chi connectivity index (χ0v) is 15.4. The molecule has 1 heterocycles. The second-order valence-electron chi connectivity index (χ2n) is 7.46. The van der Waals surface area contributed by atoms with E-state index in [1.54, 1.807) is 12.1 Å². The van der Waals surface area contributed by atoms with E-state index in [0.717, 1.165) is 37.7 Å². The molecule has 0 aromatic heterocycles. The maximum Gasteiger partial charge on any atom is 0.198 e. The lowest BCUT2D eigenvalue weighted by Gasteiger charge is -2.36. The molecular formula is C21H22N2O4. The predicted molar refractivity (Wildman–Crippen MR) is 102 cm³/mol. The number of hydrogen-bond donors (Lipinski definition) is 2. The number of carbonyl (C=O) groups excluding carboxylic acids is 2. The first-order valence-electron chi connectivity index (χ1n) is 9.07. The zero-order chi connectivity index (χ0) is 19.3. The molecule has 1 aliphatic heterocycles. The first-order valence-corrected chi connectivity index (χ1v) is 9.07. The van der Waals surface area contributed by atoms with Gasteiger partial charge in [0.25, 0.3) is 0 Å². The van der Waals surface area contributed by atoms with Crippen LogP contribution < -0.4 is 4.90 Å². The Balaban J connectivity index is 1.69. The molecule has 0 unspecified atom stereocenters. The number of nitrogens with zero attached hydrogens (tertiary/aromatic N) is 2. The summed E-state index contributed by atoms with van der Waals surface area (Å²) in [5.74, 6) is -1.35. The molecule has 1 aliphatic carbocycles. The lowest BCUT2D eigenvalue weighted by Crippen LogP contribution is -2.42. The zero-order valence-electron chi connectivity index (χ0n) is 15.4. The fraction of sp³-hybridized carbons (Fsp3) is 0.333. The molecule has 0 atom stereocenters. The van der Waals surface area contributed by atoms with Crippen molar-refractivity contribution in [1.29, 1.82) is 0 Å². The maximum absolute atomic E-state index is 12.9. The number of aromatic hydroxyl groups is 2. The molecule has 6 heteroatoms. The van der Waals surface area contributed by atoms with E-state index >= 15 is 0 Å². The molecule has 1 fully saturated rings. The summed E-state index contributed by atoms with van der Waals surface area (Å²) >= 11 is 0. The highest BCUT2D eigenvalue weighted by Gasteiger charge is 2.33. The van der Waals surface area contributed by atoms with Crippen LogP contribution in [0.4, 0.5) is 5.69 Å². The third-order valence-corrected chi connectivity index (χ3v) is 5.63. The fourth-order valence-corrected chi connectivity index (χ4v) is 4.06. The van der Waals surface area contributed by atoms with Crippen LogP contribution in [0.3, 0.4) is 0 Å². The van der Waals surface area contributed by atoms with Gasteiger partial charge < -0.3 is 20.0 Å². The average molecular weight is 366 g/mol. The Morgan fingerprint density at radius 2 is 1.63 bits per heavy atom. The molecule has 1 saturated heterocycles. The number of anilines is 1. The van der Waals surface area contributed by atoms with E-state index in [4.69, 9.17) is 0 Å². The number of piperidine rings is 1. The van der Waals surface area contributed by atoms with Crippen LogP contribution in [0.2, 0.25) is 0 Å². The Morgan fingerprint density at radius 1 is 0.926 bits per heavy atom. The van der Waals surface area contributed by atoms with Gasteiger partial charge in [0.2, 0.25) is 0 Å². The van der Waals surface area contributed by atoms with Gasteiger partial charge in [-0.3, -0.25) is 9.59 Å². The summed E-state index contributed by atoms with van der Waals surface area (Å²) in [6.45, 7) is 1.78. The third-order valence-electron chi connectivity index (χ3n) is 5.63. The highest BCUT2D eigenvalue weighted by Crippen LogP contribution is 2.37. The average Bonchev–Trinajstić information content (AvgIpc) is 2.65.